The molecular weight excluding hydrogens is 378 g/mol. The van der Waals surface area contributed by atoms with Crippen molar-refractivity contribution in [1.29, 1.82) is 0 Å². The summed E-state index contributed by atoms with van der Waals surface area (Å²) >= 11 is 7.77. The Bertz CT molecular complexity index is 974. The van der Waals surface area contributed by atoms with Gasteiger partial charge in [-0.1, -0.05) is 60.1 Å². The Hall–Kier alpha value is -2.21. The fourth-order valence-electron chi connectivity index (χ4n) is 3.41. The molecule has 1 fully saturated rings. The number of amides is 1. The van der Waals surface area contributed by atoms with Gasteiger partial charge in [0.25, 0.3) is 5.91 Å². The number of piperidine rings is 1. The zero-order valence-electron chi connectivity index (χ0n) is 14.9. The first-order chi connectivity index (χ1) is 13.2. The van der Waals surface area contributed by atoms with Crippen LogP contribution in [0.3, 0.4) is 0 Å². The number of thiophene rings is 1. The van der Waals surface area contributed by atoms with Crippen LogP contribution in [-0.4, -0.2) is 24.7 Å². The molecule has 0 bridgehead atoms. The van der Waals surface area contributed by atoms with Gasteiger partial charge in [0.2, 0.25) is 0 Å². The molecule has 0 atom stereocenters. The average molecular weight is 399 g/mol. The van der Waals surface area contributed by atoms with Gasteiger partial charge in [-0.25, -0.2) is 5.43 Å². The highest BCUT2D eigenvalue weighted by Crippen LogP contribution is 2.34. The Morgan fingerprint density at radius 2 is 1.78 bits per heavy atom. The lowest BCUT2D eigenvalue weighted by Gasteiger charge is -2.24. The summed E-state index contributed by atoms with van der Waals surface area (Å²) in [6.07, 6.45) is 1.81. The van der Waals surface area contributed by atoms with Gasteiger partial charge in [-0.2, -0.15) is 5.10 Å². The number of quaternary nitrogens is 1. The van der Waals surface area contributed by atoms with Crippen LogP contribution in [0, 0.1) is 0 Å². The fourth-order valence-corrected chi connectivity index (χ4v) is 4.81. The van der Waals surface area contributed by atoms with Crippen molar-refractivity contribution in [1.82, 2.24) is 5.43 Å². The average Bonchev–Trinajstić information content (AvgIpc) is 3.05. The Morgan fingerprint density at radius 3 is 2.52 bits per heavy atom. The molecule has 1 aliphatic rings. The van der Waals surface area contributed by atoms with Crippen molar-refractivity contribution in [2.45, 2.75) is 19.4 Å². The Kier molecular flexibility index (Phi) is 5.53. The van der Waals surface area contributed by atoms with E-state index in [1.807, 2.05) is 30.3 Å². The smallest absolute Gasteiger partial charge is 0.283 e. The maximum Gasteiger partial charge on any atom is 0.283 e. The van der Waals surface area contributed by atoms with Crippen molar-refractivity contribution in [3.8, 4) is 0 Å². The van der Waals surface area contributed by atoms with Crippen molar-refractivity contribution >= 4 is 44.6 Å². The molecule has 2 heterocycles. The lowest BCUT2D eigenvalue weighted by Crippen LogP contribution is -3.11. The van der Waals surface area contributed by atoms with Gasteiger partial charge in [0, 0.05) is 34.2 Å². The molecule has 1 saturated heterocycles. The van der Waals surface area contributed by atoms with Crippen LogP contribution in [0.25, 0.3) is 10.1 Å². The van der Waals surface area contributed by atoms with Gasteiger partial charge in [0.1, 0.15) is 11.4 Å². The number of hydrogen-bond donors (Lipinski definition) is 2. The second kappa shape index (κ2) is 8.21. The molecule has 27 heavy (non-hydrogen) atoms. The second-order valence-electron chi connectivity index (χ2n) is 6.77. The molecule has 2 N–H and O–H groups in total. The summed E-state index contributed by atoms with van der Waals surface area (Å²) in [6, 6.07) is 18.3. The van der Waals surface area contributed by atoms with Crippen LogP contribution >= 0.6 is 22.9 Å². The van der Waals surface area contributed by atoms with Gasteiger partial charge >= 0.3 is 0 Å². The van der Waals surface area contributed by atoms with Crippen LogP contribution in [0.15, 0.2) is 59.7 Å². The van der Waals surface area contributed by atoms with Crippen LogP contribution in [0.5, 0.6) is 0 Å². The minimum atomic E-state index is -0.229. The van der Waals surface area contributed by atoms with Crippen molar-refractivity contribution in [2.24, 2.45) is 5.10 Å². The first-order valence-electron chi connectivity index (χ1n) is 9.11. The summed E-state index contributed by atoms with van der Waals surface area (Å²) in [5.74, 6) is -0.229. The van der Waals surface area contributed by atoms with Gasteiger partial charge in [-0.3, -0.25) is 4.79 Å². The number of hydrazone groups is 1. The Balaban J connectivity index is 1.35. The number of benzene rings is 2. The minimum Gasteiger partial charge on any atom is -0.331 e. The number of hydrogen-bond acceptors (Lipinski definition) is 3. The van der Waals surface area contributed by atoms with E-state index in [-0.39, 0.29) is 5.91 Å². The second-order valence-corrected chi connectivity index (χ2v) is 8.20. The molecule has 0 spiro atoms. The van der Waals surface area contributed by atoms with Crippen molar-refractivity contribution in [3.63, 3.8) is 0 Å². The van der Waals surface area contributed by atoms with Crippen LogP contribution in [0.1, 0.15) is 28.1 Å². The summed E-state index contributed by atoms with van der Waals surface area (Å²) in [6.45, 7) is 3.11. The van der Waals surface area contributed by atoms with Gasteiger partial charge in [0.15, 0.2) is 0 Å². The van der Waals surface area contributed by atoms with E-state index in [9.17, 15) is 4.79 Å². The zero-order chi connectivity index (χ0) is 18.6. The maximum absolute atomic E-state index is 12.5. The van der Waals surface area contributed by atoms with Crippen LogP contribution in [-0.2, 0) is 6.54 Å². The SMILES string of the molecule is O=C(NN=C1CC[NH+](Cc2ccccc2)CC1)c1sc2ccccc2c1Cl. The van der Waals surface area contributed by atoms with E-state index in [1.54, 1.807) is 4.90 Å². The standard InChI is InChI=1S/C21H20ClN3OS/c22-19-17-8-4-5-9-18(17)27-20(19)21(26)24-23-16-10-12-25(13-11-16)14-15-6-2-1-3-7-15/h1-9H,10-14H2,(H,24,26)/p+1. The molecule has 4 rings (SSSR count). The first kappa shape index (κ1) is 18.2. The van der Waals surface area contributed by atoms with Gasteiger partial charge < -0.3 is 4.90 Å². The third-order valence-electron chi connectivity index (χ3n) is 4.89. The first-order valence-corrected chi connectivity index (χ1v) is 10.3. The quantitative estimate of drug-likeness (QED) is 0.649. The number of nitrogens with one attached hydrogen (secondary N) is 2. The van der Waals surface area contributed by atoms with E-state index in [4.69, 9.17) is 11.6 Å². The minimum absolute atomic E-state index is 0.229. The fraction of sp³-hybridized carbons (Fsp3) is 0.238. The van der Waals surface area contributed by atoms with E-state index in [0.29, 0.717) is 9.90 Å². The molecule has 2 aromatic carbocycles. The highest BCUT2D eigenvalue weighted by molar-refractivity contribution is 7.21. The van der Waals surface area contributed by atoms with E-state index < -0.39 is 0 Å². The molecule has 0 radical (unpaired) electrons. The number of carbonyl (C=O) groups excluding carboxylic acids is 1. The van der Waals surface area contributed by atoms with Crippen molar-refractivity contribution < 1.29 is 9.69 Å². The lowest BCUT2D eigenvalue weighted by atomic mass is 10.1. The van der Waals surface area contributed by atoms with Crippen LogP contribution in [0.4, 0.5) is 0 Å². The number of likely N-dealkylation sites (tertiary alicyclic amines) is 1. The van der Waals surface area contributed by atoms with Gasteiger partial charge in [-0.05, 0) is 6.07 Å². The summed E-state index contributed by atoms with van der Waals surface area (Å²) in [7, 11) is 0. The van der Waals surface area contributed by atoms with Gasteiger partial charge in [0.05, 0.1) is 18.1 Å². The number of nitrogens with zero attached hydrogens (tertiary/aromatic N) is 1. The maximum atomic E-state index is 12.5. The molecule has 4 nitrogen and oxygen atoms in total. The number of rotatable bonds is 4. The van der Waals surface area contributed by atoms with Crippen LogP contribution in [0.2, 0.25) is 5.02 Å². The molecule has 1 aromatic heterocycles. The summed E-state index contributed by atoms with van der Waals surface area (Å²) in [5.41, 5.74) is 5.12. The van der Waals surface area contributed by atoms with E-state index in [1.165, 1.54) is 16.9 Å². The molecule has 3 aromatic rings. The summed E-state index contributed by atoms with van der Waals surface area (Å²) < 4.78 is 1.01. The molecule has 0 aliphatic carbocycles. The molecular formula is C21H21ClN3OS+. The third kappa shape index (κ3) is 4.21. The topological polar surface area (TPSA) is 45.9 Å². The predicted molar refractivity (Wildman–Crippen MR) is 112 cm³/mol. The summed E-state index contributed by atoms with van der Waals surface area (Å²) in [5, 5.41) is 5.79. The third-order valence-corrected chi connectivity index (χ3v) is 6.56. The zero-order valence-corrected chi connectivity index (χ0v) is 16.4. The molecule has 1 amide bonds. The van der Waals surface area contributed by atoms with Crippen LogP contribution < -0.4 is 10.3 Å². The Labute approximate surface area is 167 Å². The van der Waals surface area contributed by atoms with Crippen molar-refractivity contribution in [2.75, 3.05) is 13.1 Å². The highest BCUT2D eigenvalue weighted by Gasteiger charge is 2.20. The molecule has 0 saturated carbocycles. The number of fused-ring (bicyclic) bond motifs is 1. The lowest BCUT2D eigenvalue weighted by molar-refractivity contribution is -0.914. The monoisotopic (exact) mass is 398 g/mol. The van der Waals surface area contributed by atoms with E-state index >= 15 is 0 Å². The largest absolute Gasteiger partial charge is 0.331 e. The normalized spacial score (nSPS) is 17.1. The number of carbonyl (C=O) groups is 1. The Morgan fingerprint density at radius 1 is 1.07 bits per heavy atom. The van der Waals surface area contributed by atoms with Gasteiger partial charge in [-0.15, -0.1) is 11.3 Å². The predicted octanol–water partition coefficient (Wildman–Crippen LogP) is 3.52. The molecule has 138 valence electrons. The highest BCUT2D eigenvalue weighted by atomic mass is 35.5. The number of halogens is 1. The van der Waals surface area contributed by atoms with Crippen molar-refractivity contribution in [3.05, 3.63) is 70.1 Å². The molecule has 6 heteroatoms. The molecule has 1 aliphatic heterocycles. The van der Waals surface area contributed by atoms with E-state index in [2.05, 4.69) is 34.8 Å². The summed E-state index contributed by atoms with van der Waals surface area (Å²) in [4.78, 5) is 14.6. The van der Waals surface area contributed by atoms with E-state index in [0.717, 1.165) is 48.3 Å². The molecule has 0 unspecified atom stereocenters.